The molecule has 1 aromatic heterocycles. The van der Waals surface area contributed by atoms with Crippen LogP contribution in [0.3, 0.4) is 0 Å². The highest BCUT2D eigenvalue weighted by Gasteiger charge is 2.24. The molecule has 1 aliphatic rings. The molecule has 0 fully saturated rings. The summed E-state index contributed by atoms with van der Waals surface area (Å²) in [6.07, 6.45) is 3.77. The Bertz CT molecular complexity index is 793. The minimum atomic E-state index is -1.16. The quantitative estimate of drug-likeness (QED) is 0.303. The number of urea groups is 1. The van der Waals surface area contributed by atoms with Crippen LogP contribution in [0.25, 0.3) is 0 Å². The van der Waals surface area contributed by atoms with Gasteiger partial charge in [0.1, 0.15) is 18.0 Å². The Kier molecular flexibility index (Phi) is 12.8. The fourth-order valence-corrected chi connectivity index (χ4v) is 4.28. The molecule has 0 spiro atoms. The number of carbonyl (C=O) groups excluding carboxylic acids is 1. The van der Waals surface area contributed by atoms with Gasteiger partial charge in [-0.3, -0.25) is 0 Å². The van der Waals surface area contributed by atoms with Crippen LogP contribution in [0.5, 0.6) is 0 Å². The maximum atomic E-state index is 14.3. The number of carbonyl (C=O) groups is 2. The molecule has 198 valence electrons. The van der Waals surface area contributed by atoms with Crippen molar-refractivity contribution in [2.45, 2.75) is 64.6 Å². The van der Waals surface area contributed by atoms with Crippen LogP contribution >= 0.6 is 0 Å². The number of hydrogen-bond donors (Lipinski definition) is 3. The molecule has 3 N–H and O–H groups in total. The molecule has 0 bridgehead atoms. The third-order valence-corrected chi connectivity index (χ3v) is 6.29. The predicted molar refractivity (Wildman–Crippen MR) is 135 cm³/mol. The lowest BCUT2D eigenvalue weighted by atomic mass is 10.1. The lowest BCUT2D eigenvalue weighted by molar-refractivity contribution is -0.139. The van der Waals surface area contributed by atoms with E-state index in [9.17, 15) is 19.1 Å². The van der Waals surface area contributed by atoms with Crippen LogP contribution in [0.2, 0.25) is 0 Å². The number of nitrogens with zero attached hydrogens (tertiary/aromatic N) is 3. The predicted octanol–water partition coefficient (Wildman–Crippen LogP) is 2.94. The molecule has 0 unspecified atom stereocenters. The third-order valence-electron chi connectivity index (χ3n) is 6.29. The third kappa shape index (κ3) is 9.97. The first kappa shape index (κ1) is 28.8. The van der Waals surface area contributed by atoms with Gasteiger partial charge in [-0.15, -0.1) is 0 Å². The average molecular weight is 496 g/mol. The van der Waals surface area contributed by atoms with E-state index in [2.05, 4.69) is 22.8 Å². The lowest BCUT2D eigenvalue weighted by Crippen LogP contribution is -2.49. The van der Waals surface area contributed by atoms with Gasteiger partial charge in [-0.25, -0.2) is 19.0 Å². The standard InChI is InChI=1S/C25H42FN5O4/c1-4-31(5-2)25(34)29-22(24(32)33)13-16-30(17-20(26)18-35-3)15-7-6-10-21-12-11-19-9-8-14-27-23(19)28-21/h11-12,20,22H,4-10,13-18H2,1-3H3,(H,27,28)(H,29,34)(H,32,33)/t20-,22-/m0/s1. The van der Waals surface area contributed by atoms with E-state index in [1.54, 1.807) is 0 Å². The van der Waals surface area contributed by atoms with Crippen molar-refractivity contribution in [3.05, 3.63) is 23.4 Å². The minimum Gasteiger partial charge on any atom is -0.480 e. The zero-order valence-corrected chi connectivity index (χ0v) is 21.4. The van der Waals surface area contributed by atoms with Crippen LogP contribution in [0.15, 0.2) is 12.1 Å². The Labute approximate surface area is 208 Å². The molecular formula is C25H42FN5O4. The molecule has 0 radical (unpaired) electrons. The summed E-state index contributed by atoms with van der Waals surface area (Å²) in [5, 5.41) is 15.5. The number of aromatic nitrogens is 1. The highest BCUT2D eigenvalue weighted by molar-refractivity contribution is 5.82. The number of hydrogen-bond acceptors (Lipinski definition) is 6. The Balaban J connectivity index is 1.88. The van der Waals surface area contributed by atoms with Crippen molar-refractivity contribution in [1.29, 1.82) is 0 Å². The van der Waals surface area contributed by atoms with E-state index >= 15 is 0 Å². The SMILES string of the molecule is CCN(CC)C(=O)N[C@@H](CCN(CCCCc1ccc2c(n1)NCCC2)C[C@H](F)COC)C(=O)O. The summed E-state index contributed by atoms with van der Waals surface area (Å²) in [6, 6.07) is 2.80. The van der Waals surface area contributed by atoms with Crippen molar-refractivity contribution >= 4 is 17.8 Å². The average Bonchev–Trinajstić information content (AvgIpc) is 2.84. The molecular weight excluding hydrogens is 453 g/mol. The zero-order chi connectivity index (χ0) is 25.6. The van der Waals surface area contributed by atoms with Gasteiger partial charge < -0.3 is 30.3 Å². The Morgan fingerprint density at radius 1 is 1.26 bits per heavy atom. The molecule has 9 nitrogen and oxygen atoms in total. The summed E-state index contributed by atoms with van der Waals surface area (Å²) in [4.78, 5) is 32.2. The zero-order valence-electron chi connectivity index (χ0n) is 21.4. The van der Waals surface area contributed by atoms with Crippen LogP contribution in [0.1, 0.15) is 50.8 Å². The second-order valence-electron chi connectivity index (χ2n) is 8.95. The molecule has 2 heterocycles. The largest absolute Gasteiger partial charge is 0.480 e. The Morgan fingerprint density at radius 3 is 2.71 bits per heavy atom. The number of carboxylic acid groups (broad SMARTS) is 1. The molecule has 35 heavy (non-hydrogen) atoms. The van der Waals surface area contributed by atoms with Gasteiger partial charge in [0.2, 0.25) is 0 Å². The van der Waals surface area contributed by atoms with Gasteiger partial charge >= 0.3 is 12.0 Å². The van der Waals surface area contributed by atoms with Crippen LogP contribution in [0, 0.1) is 0 Å². The second kappa shape index (κ2) is 15.5. The highest BCUT2D eigenvalue weighted by atomic mass is 19.1. The van der Waals surface area contributed by atoms with E-state index in [0.29, 0.717) is 26.2 Å². The van der Waals surface area contributed by atoms with E-state index < -0.39 is 24.2 Å². The van der Waals surface area contributed by atoms with Crippen molar-refractivity contribution in [1.82, 2.24) is 20.1 Å². The Morgan fingerprint density at radius 2 is 2.03 bits per heavy atom. The fourth-order valence-electron chi connectivity index (χ4n) is 4.28. The van der Waals surface area contributed by atoms with Crippen molar-refractivity contribution in [3.8, 4) is 0 Å². The number of halogens is 1. The number of rotatable bonds is 16. The summed E-state index contributed by atoms with van der Waals surface area (Å²) in [5.74, 6) is -0.104. The summed E-state index contributed by atoms with van der Waals surface area (Å²) in [7, 11) is 1.46. The number of fused-ring (bicyclic) bond motifs is 1. The maximum Gasteiger partial charge on any atom is 0.326 e. The number of pyridine rings is 1. The number of carboxylic acids is 1. The van der Waals surface area contributed by atoms with Gasteiger partial charge in [0.25, 0.3) is 0 Å². The van der Waals surface area contributed by atoms with Gasteiger partial charge in [-0.1, -0.05) is 6.07 Å². The molecule has 10 heteroatoms. The van der Waals surface area contributed by atoms with Crippen molar-refractivity contribution in [2.24, 2.45) is 0 Å². The van der Waals surface area contributed by atoms with Crippen molar-refractivity contribution < 1.29 is 23.8 Å². The van der Waals surface area contributed by atoms with E-state index in [1.165, 1.54) is 17.6 Å². The van der Waals surface area contributed by atoms with E-state index in [-0.39, 0.29) is 19.6 Å². The number of amides is 2. The number of aryl methyl sites for hydroxylation is 2. The van der Waals surface area contributed by atoms with Crippen LogP contribution in [0.4, 0.5) is 15.0 Å². The summed E-state index contributed by atoms with van der Waals surface area (Å²) >= 11 is 0. The van der Waals surface area contributed by atoms with E-state index in [4.69, 9.17) is 9.72 Å². The number of anilines is 1. The van der Waals surface area contributed by atoms with E-state index in [1.807, 2.05) is 18.7 Å². The van der Waals surface area contributed by atoms with Gasteiger partial charge in [-0.2, -0.15) is 0 Å². The molecule has 1 aromatic rings. The smallest absolute Gasteiger partial charge is 0.326 e. The lowest BCUT2D eigenvalue weighted by Gasteiger charge is -2.27. The molecule has 2 amide bonds. The first-order chi connectivity index (χ1) is 16.9. The minimum absolute atomic E-state index is 0.0103. The molecule has 0 aliphatic carbocycles. The second-order valence-corrected chi connectivity index (χ2v) is 8.95. The number of ether oxygens (including phenoxy) is 1. The van der Waals surface area contributed by atoms with Gasteiger partial charge in [0.05, 0.1) is 6.61 Å². The van der Waals surface area contributed by atoms with Crippen LogP contribution in [-0.4, -0.2) is 97.1 Å². The number of nitrogens with one attached hydrogen (secondary N) is 2. The molecule has 0 saturated carbocycles. The van der Waals surface area contributed by atoms with Crippen molar-refractivity contribution in [2.75, 3.05) is 58.3 Å². The molecule has 2 rings (SSSR count). The Hall–Kier alpha value is -2.46. The van der Waals surface area contributed by atoms with Crippen LogP contribution < -0.4 is 10.6 Å². The number of unbranched alkanes of at least 4 members (excludes halogenated alkanes) is 1. The van der Waals surface area contributed by atoms with Gasteiger partial charge in [0.15, 0.2) is 0 Å². The molecule has 0 saturated heterocycles. The topological polar surface area (TPSA) is 107 Å². The molecule has 1 aliphatic heterocycles. The van der Waals surface area contributed by atoms with Crippen LogP contribution in [-0.2, 0) is 22.4 Å². The number of methoxy groups -OCH3 is 1. The van der Waals surface area contributed by atoms with Crippen molar-refractivity contribution in [3.63, 3.8) is 0 Å². The summed E-state index contributed by atoms with van der Waals surface area (Å²) in [6.45, 7) is 6.77. The monoisotopic (exact) mass is 495 g/mol. The number of aliphatic carboxylic acids is 1. The molecule has 0 aromatic carbocycles. The summed E-state index contributed by atoms with van der Waals surface area (Å²) < 4.78 is 19.2. The summed E-state index contributed by atoms with van der Waals surface area (Å²) in [5.41, 5.74) is 2.30. The molecule has 2 atom stereocenters. The maximum absolute atomic E-state index is 14.3. The van der Waals surface area contributed by atoms with E-state index in [0.717, 1.165) is 50.2 Å². The van der Waals surface area contributed by atoms with Gasteiger partial charge in [-0.05, 0) is 70.5 Å². The fraction of sp³-hybridized carbons (Fsp3) is 0.720. The first-order valence-electron chi connectivity index (χ1n) is 12.7. The van der Waals surface area contributed by atoms with Gasteiger partial charge in [0, 0.05) is 45.5 Å². The normalized spacial score (nSPS) is 14.7. The highest BCUT2D eigenvalue weighted by Crippen LogP contribution is 2.20. The first-order valence-corrected chi connectivity index (χ1v) is 12.7. The number of alkyl halides is 1.